The summed E-state index contributed by atoms with van der Waals surface area (Å²) in [5, 5.41) is 15.6. The van der Waals surface area contributed by atoms with Crippen LogP contribution in [0.3, 0.4) is 0 Å². The van der Waals surface area contributed by atoms with Crippen molar-refractivity contribution in [1.29, 1.82) is 0 Å². The normalized spacial score (nSPS) is 33.3. The van der Waals surface area contributed by atoms with Gasteiger partial charge in [0, 0.05) is 12.0 Å². The summed E-state index contributed by atoms with van der Waals surface area (Å²) >= 11 is 0. The lowest BCUT2D eigenvalue weighted by atomic mass is 9.71. The average molecular weight is 268 g/mol. The van der Waals surface area contributed by atoms with Gasteiger partial charge in [-0.2, -0.15) is 0 Å². The van der Waals surface area contributed by atoms with Crippen LogP contribution in [0.2, 0.25) is 0 Å². The minimum atomic E-state index is -0.814. The molecular weight excluding hydrogens is 244 g/mol. The van der Waals surface area contributed by atoms with Gasteiger partial charge in [0.2, 0.25) is 5.91 Å². The zero-order chi connectivity index (χ0) is 14.0. The van der Waals surface area contributed by atoms with Crippen molar-refractivity contribution in [2.45, 2.75) is 45.6 Å². The maximum Gasteiger partial charge on any atom is 0.311 e. The first-order valence-electron chi connectivity index (χ1n) is 7.19. The standard InChI is InChI=1S/C14H24N2O3/c1-9(10-7-15-8-10)12(17)16-11-5-3-4-6-14(11,2)13(18)19/h9-11,15H,3-8H2,1-2H3,(H,16,17)(H,18,19). The number of carbonyl (C=O) groups excluding carboxylic acids is 1. The minimum absolute atomic E-state index is 0.00544. The van der Waals surface area contributed by atoms with Crippen molar-refractivity contribution in [2.24, 2.45) is 17.3 Å². The molecule has 2 aliphatic rings. The van der Waals surface area contributed by atoms with Gasteiger partial charge in [0.15, 0.2) is 0 Å². The molecule has 3 unspecified atom stereocenters. The van der Waals surface area contributed by atoms with Gasteiger partial charge in [-0.15, -0.1) is 0 Å². The number of carbonyl (C=O) groups is 2. The van der Waals surface area contributed by atoms with Gasteiger partial charge in [-0.3, -0.25) is 9.59 Å². The van der Waals surface area contributed by atoms with Gasteiger partial charge in [-0.1, -0.05) is 19.8 Å². The Kier molecular flexibility index (Phi) is 4.13. The highest BCUT2D eigenvalue weighted by Gasteiger charge is 2.44. The van der Waals surface area contributed by atoms with Gasteiger partial charge in [-0.05, 0) is 38.8 Å². The van der Waals surface area contributed by atoms with E-state index in [1.807, 2.05) is 6.92 Å². The molecular formula is C14H24N2O3. The quantitative estimate of drug-likeness (QED) is 0.710. The third kappa shape index (κ3) is 2.76. The van der Waals surface area contributed by atoms with Crippen LogP contribution in [-0.4, -0.2) is 36.1 Å². The average Bonchev–Trinajstić information content (AvgIpc) is 2.29. The summed E-state index contributed by atoms with van der Waals surface area (Å²) in [6.45, 7) is 5.46. The number of nitrogens with one attached hydrogen (secondary N) is 2. The molecule has 2 fully saturated rings. The fourth-order valence-corrected chi connectivity index (χ4v) is 3.00. The molecule has 1 amide bonds. The van der Waals surface area contributed by atoms with Gasteiger partial charge < -0.3 is 15.7 Å². The van der Waals surface area contributed by atoms with Crippen LogP contribution < -0.4 is 10.6 Å². The Bertz CT molecular complexity index is 368. The van der Waals surface area contributed by atoms with Crippen LogP contribution in [0, 0.1) is 17.3 Å². The van der Waals surface area contributed by atoms with E-state index in [1.54, 1.807) is 6.92 Å². The van der Waals surface area contributed by atoms with Crippen LogP contribution in [0.5, 0.6) is 0 Å². The zero-order valence-corrected chi connectivity index (χ0v) is 11.7. The lowest BCUT2D eigenvalue weighted by Crippen LogP contribution is -2.56. The molecule has 0 aromatic heterocycles. The second kappa shape index (κ2) is 5.49. The Morgan fingerprint density at radius 2 is 2.05 bits per heavy atom. The molecule has 0 aromatic carbocycles. The Hall–Kier alpha value is -1.10. The van der Waals surface area contributed by atoms with Crippen molar-refractivity contribution in [3.05, 3.63) is 0 Å². The predicted octanol–water partition coefficient (Wildman–Crippen LogP) is 0.992. The van der Waals surface area contributed by atoms with Crippen LogP contribution in [0.15, 0.2) is 0 Å². The van der Waals surface area contributed by atoms with E-state index in [4.69, 9.17) is 0 Å². The fourth-order valence-electron chi connectivity index (χ4n) is 3.00. The van der Waals surface area contributed by atoms with Crippen LogP contribution in [0.25, 0.3) is 0 Å². The van der Waals surface area contributed by atoms with Gasteiger partial charge in [-0.25, -0.2) is 0 Å². The molecule has 1 heterocycles. The maximum absolute atomic E-state index is 12.2. The van der Waals surface area contributed by atoms with E-state index in [0.29, 0.717) is 12.3 Å². The van der Waals surface area contributed by atoms with Crippen molar-refractivity contribution in [2.75, 3.05) is 13.1 Å². The second-order valence-electron chi connectivity index (χ2n) is 6.24. The molecule has 5 nitrogen and oxygen atoms in total. The molecule has 1 aliphatic heterocycles. The SMILES string of the molecule is CC(C(=O)NC1CCCCC1(C)C(=O)O)C1CNC1. The molecule has 0 aromatic rings. The highest BCUT2D eigenvalue weighted by Crippen LogP contribution is 2.36. The van der Waals surface area contributed by atoms with Gasteiger partial charge in [0.25, 0.3) is 0 Å². The first kappa shape index (κ1) is 14.3. The van der Waals surface area contributed by atoms with E-state index in [9.17, 15) is 14.7 Å². The Morgan fingerprint density at radius 3 is 2.58 bits per heavy atom. The number of carboxylic acid groups (broad SMARTS) is 1. The number of amides is 1. The predicted molar refractivity (Wildman–Crippen MR) is 71.7 cm³/mol. The molecule has 0 radical (unpaired) electrons. The first-order chi connectivity index (χ1) is 8.95. The minimum Gasteiger partial charge on any atom is -0.481 e. The van der Waals surface area contributed by atoms with Gasteiger partial charge >= 0.3 is 5.97 Å². The Morgan fingerprint density at radius 1 is 1.37 bits per heavy atom. The summed E-state index contributed by atoms with van der Waals surface area (Å²) in [6.07, 6.45) is 3.33. The van der Waals surface area contributed by atoms with Crippen molar-refractivity contribution < 1.29 is 14.7 Å². The molecule has 19 heavy (non-hydrogen) atoms. The van der Waals surface area contributed by atoms with Crippen LogP contribution in [-0.2, 0) is 9.59 Å². The van der Waals surface area contributed by atoms with Crippen molar-refractivity contribution in [3.63, 3.8) is 0 Å². The molecule has 108 valence electrons. The van der Waals surface area contributed by atoms with E-state index in [0.717, 1.165) is 32.4 Å². The number of hydrogen-bond donors (Lipinski definition) is 3. The molecule has 0 spiro atoms. The summed E-state index contributed by atoms with van der Waals surface area (Å²) in [5.74, 6) is -0.442. The van der Waals surface area contributed by atoms with Crippen LogP contribution in [0.4, 0.5) is 0 Å². The topological polar surface area (TPSA) is 78.4 Å². The maximum atomic E-state index is 12.2. The van der Waals surface area contributed by atoms with E-state index in [-0.39, 0.29) is 17.9 Å². The Balaban J connectivity index is 1.99. The monoisotopic (exact) mass is 268 g/mol. The van der Waals surface area contributed by atoms with Crippen molar-refractivity contribution in [1.82, 2.24) is 10.6 Å². The second-order valence-corrected chi connectivity index (χ2v) is 6.24. The molecule has 1 saturated carbocycles. The van der Waals surface area contributed by atoms with E-state index >= 15 is 0 Å². The van der Waals surface area contributed by atoms with Crippen LogP contribution >= 0.6 is 0 Å². The highest BCUT2D eigenvalue weighted by molar-refractivity contribution is 5.81. The lowest BCUT2D eigenvalue weighted by molar-refractivity contribution is -0.152. The molecule has 3 N–H and O–H groups in total. The smallest absolute Gasteiger partial charge is 0.311 e. The third-order valence-corrected chi connectivity index (χ3v) is 4.95. The highest BCUT2D eigenvalue weighted by atomic mass is 16.4. The van der Waals surface area contributed by atoms with Gasteiger partial charge in [0.1, 0.15) is 0 Å². The zero-order valence-electron chi connectivity index (χ0n) is 11.7. The largest absolute Gasteiger partial charge is 0.481 e. The number of hydrogen-bond acceptors (Lipinski definition) is 3. The van der Waals surface area contributed by atoms with E-state index < -0.39 is 11.4 Å². The van der Waals surface area contributed by atoms with E-state index in [1.165, 1.54) is 0 Å². The summed E-state index contributed by atoms with van der Waals surface area (Å²) in [4.78, 5) is 23.7. The fraction of sp³-hybridized carbons (Fsp3) is 0.857. The van der Waals surface area contributed by atoms with Crippen molar-refractivity contribution >= 4 is 11.9 Å². The molecule has 2 rings (SSSR count). The first-order valence-corrected chi connectivity index (χ1v) is 7.19. The number of rotatable bonds is 4. The Labute approximate surface area is 114 Å². The summed E-state index contributed by atoms with van der Waals surface area (Å²) in [6, 6.07) is -0.235. The number of aliphatic carboxylic acids is 1. The summed E-state index contributed by atoms with van der Waals surface area (Å²) in [7, 11) is 0. The molecule has 1 saturated heterocycles. The number of carboxylic acids is 1. The van der Waals surface area contributed by atoms with Crippen LogP contribution in [0.1, 0.15) is 39.5 Å². The molecule has 5 heteroatoms. The summed E-state index contributed by atoms with van der Waals surface area (Å²) < 4.78 is 0. The molecule has 0 bridgehead atoms. The van der Waals surface area contributed by atoms with Gasteiger partial charge in [0.05, 0.1) is 5.41 Å². The lowest BCUT2D eigenvalue weighted by Gasteiger charge is -2.40. The van der Waals surface area contributed by atoms with Crippen molar-refractivity contribution in [3.8, 4) is 0 Å². The molecule has 1 aliphatic carbocycles. The third-order valence-electron chi connectivity index (χ3n) is 4.95. The molecule has 3 atom stereocenters. The van der Waals surface area contributed by atoms with E-state index in [2.05, 4.69) is 10.6 Å². The summed E-state index contributed by atoms with van der Waals surface area (Å²) in [5.41, 5.74) is -0.814.